The van der Waals surface area contributed by atoms with Crippen molar-refractivity contribution in [1.29, 1.82) is 0 Å². The number of carbonyl (C=O) groups is 4. The molecule has 3 N–H and O–H groups in total. The van der Waals surface area contributed by atoms with Crippen LogP contribution in [-0.4, -0.2) is 40.6 Å². The molecular formula is C27H24N2O7. The molecule has 1 heterocycles. The number of hydrogen-bond donors (Lipinski definition) is 3. The number of hydrogen-bond acceptors (Lipinski definition) is 5. The minimum absolute atomic E-state index is 0.0785. The molecule has 1 aliphatic rings. The average Bonchev–Trinajstić information content (AvgIpc) is 2.86. The number of anilines is 2. The second kappa shape index (κ2) is 10.7. The van der Waals surface area contributed by atoms with Gasteiger partial charge in [-0.1, -0.05) is 42.5 Å². The van der Waals surface area contributed by atoms with Gasteiger partial charge >= 0.3 is 11.9 Å². The zero-order valence-electron chi connectivity index (χ0n) is 19.3. The molecule has 36 heavy (non-hydrogen) atoms. The van der Waals surface area contributed by atoms with Crippen molar-refractivity contribution in [1.82, 2.24) is 0 Å². The first kappa shape index (κ1) is 24.5. The number of ether oxygens (including phenoxy) is 1. The number of nitrogens with zero attached hydrogens (tertiary/aromatic N) is 1. The second-order valence-electron chi connectivity index (χ2n) is 8.29. The van der Waals surface area contributed by atoms with Gasteiger partial charge < -0.3 is 25.2 Å². The maximum atomic E-state index is 12.6. The van der Waals surface area contributed by atoms with E-state index >= 15 is 0 Å². The highest BCUT2D eigenvalue weighted by molar-refractivity contribution is 5.99. The fraction of sp³-hybridized carbons (Fsp3) is 0.185. The van der Waals surface area contributed by atoms with Crippen molar-refractivity contribution >= 4 is 35.1 Å². The third kappa shape index (κ3) is 5.69. The number of nitrogens with one attached hydrogen (secondary N) is 1. The minimum atomic E-state index is -0.999. The highest BCUT2D eigenvalue weighted by atomic mass is 16.5. The molecule has 0 unspecified atom stereocenters. The number of rotatable bonds is 9. The minimum Gasteiger partial charge on any atom is -0.481 e. The van der Waals surface area contributed by atoms with Crippen molar-refractivity contribution in [2.24, 2.45) is 0 Å². The Balaban J connectivity index is 1.47. The van der Waals surface area contributed by atoms with Crippen LogP contribution in [0.1, 0.15) is 35.2 Å². The molecule has 0 bridgehead atoms. The van der Waals surface area contributed by atoms with Crippen molar-refractivity contribution in [2.75, 3.05) is 16.8 Å². The van der Waals surface area contributed by atoms with Gasteiger partial charge in [0.05, 0.1) is 17.8 Å². The summed E-state index contributed by atoms with van der Waals surface area (Å²) in [5, 5.41) is 20.9. The number of aromatic carboxylic acids is 1. The summed E-state index contributed by atoms with van der Waals surface area (Å²) in [6.45, 7) is 0.143. The Morgan fingerprint density at radius 3 is 2.42 bits per heavy atom. The van der Waals surface area contributed by atoms with Crippen molar-refractivity contribution in [3.63, 3.8) is 0 Å². The van der Waals surface area contributed by atoms with Crippen LogP contribution in [0.5, 0.6) is 5.75 Å². The summed E-state index contributed by atoms with van der Waals surface area (Å²) in [5.74, 6) is -2.02. The van der Waals surface area contributed by atoms with E-state index in [1.807, 2.05) is 24.3 Å². The highest BCUT2D eigenvalue weighted by Gasteiger charge is 2.26. The summed E-state index contributed by atoms with van der Waals surface area (Å²) < 4.78 is 5.58. The van der Waals surface area contributed by atoms with Crippen LogP contribution in [0.25, 0.3) is 11.1 Å². The van der Waals surface area contributed by atoms with Gasteiger partial charge in [0, 0.05) is 24.6 Å². The lowest BCUT2D eigenvalue weighted by molar-refractivity contribution is -0.137. The number of carbonyl (C=O) groups excluding carboxylic acids is 2. The zero-order chi connectivity index (χ0) is 25.7. The molecule has 0 aromatic heterocycles. The van der Waals surface area contributed by atoms with E-state index in [1.54, 1.807) is 47.4 Å². The summed E-state index contributed by atoms with van der Waals surface area (Å²) in [5.41, 5.74) is 3.49. The number of aliphatic carboxylic acids is 1. The summed E-state index contributed by atoms with van der Waals surface area (Å²) in [6, 6.07) is 19.1. The Labute approximate surface area is 206 Å². The van der Waals surface area contributed by atoms with Crippen LogP contribution in [0, 0.1) is 0 Å². The molecule has 3 aromatic carbocycles. The van der Waals surface area contributed by atoms with Gasteiger partial charge in [0.15, 0.2) is 6.61 Å². The molecular weight excluding hydrogens is 464 g/mol. The fourth-order valence-corrected chi connectivity index (χ4v) is 3.97. The zero-order valence-corrected chi connectivity index (χ0v) is 19.3. The van der Waals surface area contributed by atoms with Crippen LogP contribution in [0.2, 0.25) is 0 Å². The molecule has 0 atom stereocenters. The van der Waals surface area contributed by atoms with E-state index in [0.29, 0.717) is 22.7 Å². The number of fused-ring (bicyclic) bond motifs is 1. The summed E-state index contributed by atoms with van der Waals surface area (Å²) in [6.07, 6.45) is 0.248. The van der Waals surface area contributed by atoms with Crippen molar-refractivity contribution in [3.05, 3.63) is 77.9 Å². The maximum absolute atomic E-state index is 12.6. The molecule has 0 fully saturated rings. The molecule has 0 saturated heterocycles. The first-order valence-electron chi connectivity index (χ1n) is 11.3. The standard InChI is InChI=1S/C27H24N2O7/c30-24(6-3-7-26(32)33)28-19-12-13-22-23(14-19)36-16-25(31)29(22)15-17-8-10-18(11-9-17)20-4-1-2-5-21(20)27(34)35/h1-2,4-5,8-14H,3,6-7,15-16H2,(H,28,30)(H,32,33)(H,34,35). The number of amides is 2. The molecule has 3 aromatic rings. The van der Waals surface area contributed by atoms with Crippen LogP contribution >= 0.6 is 0 Å². The predicted octanol–water partition coefficient (Wildman–Crippen LogP) is 4.17. The Hall–Kier alpha value is -4.66. The SMILES string of the molecule is O=C(O)CCCC(=O)Nc1ccc2c(c1)OCC(=O)N2Cc1ccc(-c2ccccc2C(=O)O)cc1. The Morgan fingerprint density at radius 1 is 0.944 bits per heavy atom. The molecule has 184 valence electrons. The number of benzene rings is 3. The lowest BCUT2D eigenvalue weighted by Crippen LogP contribution is -2.38. The van der Waals surface area contributed by atoms with Crippen LogP contribution < -0.4 is 15.0 Å². The summed E-state index contributed by atoms with van der Waals surface area (Å²) in [7, 11) is 0. The third-order valence-corrected chi connectivity index (χ3v) is 5.74. The largest absolute Gasteiger partial charge is 0.481 e. The fourth-order valence-electron chi connectivity index (χ4n) is 3.97. The van der Waals surface area contributed by atoms with Crippen LogP contribution in [0.15, 0.2) is 66.7 Å². The van der Waals surface area contributed by atoms with Gasteiger partial charge in [-0.2, -0.15) is 0 Å². The normalized spacial score (nSPS) is 12.4. The monoisotopic (exact) mass is 488 g/mol. The van der Waals surface area contributed by atoms with E-state index in [0.717, 1.165) is 11.1 Å². The molecule has 0 saturated carbocycles. The quantitative estimate of drug-likeness (QED) is 0.412. The van der Waals surface area contributed by atoms with E-state index < -0.39 is 11.9 Å². The van der Waals surface area contributed by atoms with Gasteiger partial charge in [-0.15, -0.1) is 0 Å². The third-order valence-electron chi connectivity index (χ3n) is 5.74. The van der Waals surface area contributed by atoms with Crippen LogP contribution in [0.4, 0.5) is 11.4 Å². The van der Waals surface area contributed by atoms with Gasteiger partial charge in [-0.05, 0) is 41.3 Å². The Kier molecular flexibility index (Phi) is 7.29. The van der Waals surface area contributed by atoms with Gasteiger partial charge in [-0.25, -0.2) is 4.79 Å². The van der Waals surface area contributed by atoms with Gasteiger partial charge in [0.2, 0.25) is 5.91 Å². The van der Waals surface area contributed by atoms with E-state index in [9.17, 15) is 24.3 Å². The molecule has 0 aliphatic carbocycles. The van der Waals surface area contributed by atoms with Crippen molar-refractivity contribution < 1.29 is 34.1 Å². The van der Waals surface area contributed by atoms with Gasteiger partial charge in [0.1, 0.15) is 5.75 Å². The van der Waals surface area contributed by atoms with Crippen LogP contribution in [-0.2, 0) is 20.9 Å². The molecule has 0 spiro atoms. The molecule has 1 aliphatic heterocycles. The Morgan fingerprint density at radius 2 is 1.69 bits per heavy atom. The van der Waals surface area contributed by atoms with E-state index in [2.05, 4.69) is 5.32 Å². The smallest absolute Gasteiger partial charge is 0.336 e. The first-order valence-corrected chi connectivity index (χ1v) is 11.3. The predicted molar refractivity (Wildman–Crippen MR) is 132 cm³/mol. The van der Waals surface area contributed by atoms with Crippen LogP contribution in [0.3, 0.4) is 0 Å². The van der Waals surface area contributed by atoms with Crippen molar-refractivity contribution in [2.45, 2.75) is 25.8 Å². The molecule has 4 rings (SSSR count). The topological polar surface area (TPSA) is 133 Å². The lowest BCUT2D eigenvalue weighted by atomic mass is 9.98. The maximum Gasteiger partial charge on any atom is 0.336 e. The number of carboxylic acid groups (broad SMARTS) is 2. The van der Waals surface area contributed by atoms with Gasteiger partial charge in [-0.3, -0.25) is 14.4 Å². The average molecular weight is 488 g/mol. The van der Waals surface area contributed by atoms with Crippen molar-refractivity contribution in [3.8, 4) is 16.9 Å². The number of carboxylic acids is 2. The van der Waals surface area contributed by atoms with E-state index in [4.69, 9.17) is 9.84 Å². The van der Waals surface area contributed by atoms with E-state index in [1.165, 1.54) is 0 Å². The first-order chi connectivity index (χ1) is 17.3. The van der Waals surface area contributed by atoms with E-state index in [-0.39, 0.29) is 49.8 Å². The second-order valence-corrected chi connectivity index (χ2v) is 8.29. The van der Waals surface area contributed by atoms with Gasteiger partial charge in [0.25, 0.3) is 5.91 Å². The molecule has 2 amide bonds. The molecule has 0 radical (unpaired) electrons. The summed E-state index contributed by atoms with van der Waals surface area (Å²) in [4.78, 5) is 48.4. The Bertz CT molecular complexity index is 1320. The highest BCUT2D eigenvalue weighted by Crippen LogP contribution is 2.36. The summed E-state index contributed by atoms with van der Waals surface area (Å²) >= 11 is 0. The lowest BCUT2D eigenvalue weighted by Gasteiger charge is -2.30. The molecule has 9 nitrogen and oxygen atoms in total. The molecule has 9 heteroatoms.